The van der Waals surface area contributed by atoms with E-state index in [1.165, 1.54) is 19.2 Å². The summed E-state index contributed by atoms with van der Waals surface area (Å²) in [7, 11) is 1.42. The van der Waals surface area contributed by atoms with Gasteiger partial charge in [-0.1, -0.05) is 0 Å². The number of nitrogens with two attached hydrogens (primary N) is 1. The summed E-state index contributed by atoms with van der Waals surface area (Å²) in [6, 6.07) is 1.54. The Balaban J connectivity index is 2.98. The van der Waals surface area contributed by atoms with Gasteiger partial charge < -0.3 is 15.6 Å². The van der Waals surface area contributed by atoms with Crippen LogP contribution in [0.25, 0.3) is 0 Å². The Morgan fingerprint density at radius 2 is 2.31 bits per heavy atom. The summed E-state index contributed by atoms with van der Waals surface area (Å²) >= 11 is 3.19. The average molecular weight is 292 g/mol. The van der Waals surface area contributed by atoms with Crippen molar-refractivity contribution >= 4 is 21.9 Å². The number of hydrogen-bond acceptors (Lipinski definition) is 3. The van der Waals surface area contributed by atoms with E-state index in [4.69, 9.17) is 15.6 Å². The molecule has 0 heterocycles. The topological polar surface area (TPSA) is 72.5 Å². The molecule has 0 aromatic heterocycles. The maximum absolute atomic E-state index is 13.5. The zero-order valence-electron chi connectivity index (χ0n) is 8.54. The summed E-state index contributed by atoms with van der Waals surface area (Å²) < 4.78 is 18.9. The number of halogens is 2. The van der Waals surface area contributed by atoms with E-state index < -0.39 is 17.8 Å². The predicted octanol–water partition coefficient (Wildman–Crippen LogP) is 1.55. The molecule has 3 N–H and O–H groups in total. The third kappa shape index (κ3) is 2.93. The van der Waals surface area contributed by atoms with Crippen LogP contribution in [0.5, 0.6) is 5.75 Å². The van der Waals surface area contributed by atoms with E-state index in [-0.39, 0.29) is 12.0 Å². The van der Waals surface area contributed by atoms with Crippen molar-refractivity contribution in [3.8, 4) is 5.75 Å². The van der Waals surface area contributed by atoms with Crippen molar-refractivity contribution in [2.75, 3.05) is 7.11 Å². The van der Waals surface area contributed by atoms with E-state index in [9.17, 15) is 9.18 Å². The molecule has 0 saturated heterocycles. The lowest BCUT2D eigenvalue weighted by molar-refractivity contribution is -0.138. The van der Waals surface area contributed by atoms with Gasteiger partial charge in [0.2, 0.25) is 0 Å². The number of ether oxygens (including phenoxy) is 1. The Morgan fingerprint density at radius 3 is 2.81 bits per heavy atom. The normalized spacial score (nSPS) is 12.2. The minimum absolute atomic E-state index is 0.0657. The second kappa shape index (κ2) is 5.27. The first-order valence-corrected chi connectivity index (χ1v) is 5.25. The number of benzene rings is 1. The van der Waals surface area contributed by atoms with Crippen LogP contribution in [0.2, 0.25) is 0 Å². The molecular weight excluding hydrogens is 281 g/mol. The molecule has 6 heteroatoms. The van der Waals surface area contributed by atoms with Crippen molar-refractivity contribution in [2.24, 2.45) is 5.73 Å². The van der Waals surface area contributed by atoms with Crippen LogP contribution < -0.4 is 10.5 Å². The Kier molecular flexibility index (Phi) is 4.26. The van der Waals surface area contributed by atoms with Gasteiger partial charge in [-0.3, -0.25) is 4.79 Å². The number of hydrogen-bond donors (Lipinski definition) is 2. The molecule has 1 rings (SSSR count). The molecule has 0 aliphatic rings. The van der Waals surface area contributed by atoms with Crippen LogP contribution in [-0.4, -0.2) is 24.2 Å². The molecule has 0 bridgehead atoms. The van der Waals surface area contributed by atoms with Crippen molar-refractivity contribution in [1.82, 2.24) is 0 Å². The maximum Gasteiger partial charge on any atom is 0.320 e. The molecule has 16 heavy (non-hydrogen) atoms. The molecule has 0 radical (unpaired) electrons. The maximum atomic E-state index is 13.5. The monoisotopic (exact) mass is 291 g/mol. The molecule has 0 amide bonds. The fourth-order valence-electron chi connectivity index (χ4n) is 1.21. The minimum Gasteiger partial charge on any atom is -0.495 e. The lowest BCUT2D eigenvalue weighted by atomic mass is 10.1. The highest BCUT2D eigenvalue weighted by Crippen LogP contribution is 2.28. The standard InChI is InChI=1S/C10H11BrFNO3/c1-16-9-4-7(12)5(2-6(9)11)3-8(13)10(14)15/h2,4,8H,3,13H2,1H3,(H,14,15). The van der Waals surface area contributed by atoms with Gasteiger partial charge in [0.1, 0.15) is 17.6 Å². The number of rotatable bonds is 4. The van der Waals surface area contributed by atoms with E-state index in [1.54, 1.807) is 0 Å². The summed E-state index contributed by atoms with van der Waals surface area (Å²) in [5, 5.41) is 8.62. The van der Waals surface area contributed by atoms with Crippen molar-refractivity contribution in [3.05, 3.63) is 28.0 Å². The summed E-state index contributed by atoms with van der Waals surface area (Å²) in [6.07, 6.45) is -0.0657. The molecule has 0 aliphatic heterocycles. The third-order valence-corrected chi connectivity index (χ3v) is 2.70. The molecule has 1 unspecified atom stereocenters. The second-order valence-electron chi connectivity index (χ2n) is 3.23. The number of carbonyl (C=O) groups is 1. The number of aliphatic carboxylic acids is 1. The van der Waals surface area contributed by atoms with Gasteiger partial charge >= 0.3 is 5.97 Å². The van der Waals surface area contributed by atoms with Crippen molar-refractivity contribution in [3.63, 3.8) is 0 Å². The van der Waals surface area contributed by atoms with Crippen LogP contribution in [0, 0.1) is 5.82 Å². The molecule has 1 atom stereocenters. The van der Waals surface area contributed by atoms with Gasteiger partial charge in [0.25, 0.3) is 0 Å². The third-order valence-electron chi connectivity index (χ3n) is 2.08. The lowest BCUT2D eigenvalue weighted by Gasteiger charge is -2.10. The Bertz CT molecular complexity index is 411. The molecule has 0 aliphatic carbocycles. The van der Waals surface area contributed by atoms with Crippen LogP contribution in [0.1, 0.15) is 5.56 Å². The van der Waals surface area contributed by atoms with E-state index in [1.807, 2.05) is 0 Å². The predicted molar refractivity (Wildman–Crippen MR) is 60.0 cm³/mol. The van der Waals surface area contributed by atoms with E-state index in [0.29, 0.717) is 10.2 Å². The van der Waals surface area contributed by atoms with Crippen molar-refractivity contribution in [2.45, 2.75) is 12.5 Å². The first-order chi connectivity index (χ1) is 7.45. The second-order valence-corrected chi connectivity index (χ2v) is 4.08. The number of carboxylic acids is 1. The van der Waals surface area contributed by atoms with Crippen LogP contribution >= 0.6 is 15.9 Å². The highest BCUT2D eigenvalue weighted by molar-refractivity contribution is 9.10. The highest BCUT2D eigenvalue weighted by Gasteiger charge is 2.16. The summed E-state index contributed by atoms with van der Waals surface area (Å²) in [5.41, 5.74) is 5.56. The molecule has 0 spiro atoms. The molecule has 0 fully saturated rings. The van der Waals surface area contributed by atoms with E-state index in [0.717, 1.165) is 0 Å². The van der Waals surface area contributed by atoms with E-state index >= 15 is 0 Å². The quantitative estimate of drug-likeness (QED) is 0.883. The van der Waals surface area contributed by atoms with Gasteiger partial charge in [0.05, 0.1) is 11.6 Å². The van der Waals surface area contributed by atoms with Crippen molar-refractivity contribution in [1.29, 1.82) is 0 Å². The van der Waals surface area contributed by atoms with Crippen molar-refractivity contribution < 1.29 is 19.0 Å². The average Bonchev–Trinajstić information content (AvgIpc) is 2.22. The largest absolute Gasteiger partial charge is 0.495 e. The fraction of sp³-hybridized carbons (Fsp3) is 0.300. The first-order valence-electron chi connectivity index (χ1n) is 4.46. The molecule has 4 nitrogen and oxygen atoms in total. The molecule has 0 saturated carbocycles. The van der Waals surface area contributed by atoms with E-state index in [2.05, 4.69) is 15.9 Å². The van der Waals surface area contributed by atoms with Gasteiger partial charge in [-0.05, 0) is 27.6 Å². The number of carboxylic acid groups (broad SMARTS) is 1. The Hall–Kier alpha value is -1.14. The number of methoxy groups -OCH3 is 1. The smallest absolute Gasteiger partial charge is 0.320 e. The van der Waals surface area contributed by atoms with Crippen LogP contribution in [0.15, 0.2) is 16.6 Å². The Labute approximate surface area is 100 Å². The van der Waals surface area contributed by atoms with Gasteiger partial charge in [-0.25, -0.2) is 4.39 Å². The molecular formula is C10H11BrFNO3. The lowest BCUT2D eigenvalue weighted by Crippen LogP contribution is -2.32. The van der Waals surface area contributed by atoms with Gasteiger partial charge in [-0.2, -0.15) is 0 Å². The molecule has 88 valence electrons. The van der Waals surface area contributed by atoms with Crippen LogP contribution in [0.3, 0.4) is 0 Å². The van der Waals surface area contributed by atoms with Gasteiger partial charge in [-0.15, -0.1) is 0 Å². The van der Waals surface area contributed by atoms with Gasteiger partial charge in [0.15, 0.2) is 0 Å². The SMILES string of the molecule is COc1cc(F)c(CC(N)C(=O)O)cc1Br. The summed E-state index contributed by atoms with van der Waals surface area (Å²) in [4.78, 5) is 10.5. The highest BCUT2D eigenvalue weighted by atomic mass is 79.9. The zero-order valence-corrected chi connectivity index (χ0v) is 10.1. The van der Waals surface area contributed by atoms with Crippen LogP contribution in [0.4, 0.5) is 4.39 Å². The Morgan fingerprint density at radius 1 is 1.69 bits per heavy atom. The summed E-state index contributed by atoms with van der Waals surface area (Å²) in [6.45, 7) is 0. The summed E-state index contributed by atoms with van der Waals surface area (Å²) in [5.74, 6) is -1.34. The van der Waals surface area contributed by atoms with Gasteiger partial charge in [0, 0.05) is 12.5 Å². The molecule has 1 aromatic rings. The first kappa shape index (κ1) is 12.9. The molecule has 1 aromatic carbocycles. The fourth-order valence-corrected chi connectivity index (χ4v) is 1.76. The minimum atomic E-state index is -1.16. The zero-order chi connectivity index (χ0) is 12.3. The van der Waals surface area contributed by atoms with Crippen LogP contribution in [-0.2, 0) is 11.2 Å².